The highest BCUT2D eigenvalue weighted by molar-refractivity contribution is 5.48. The number of benzene rings is 1. The minimum absolute atomic E-state index is 0.312. The molecule has 0 aliphatic heterocycles. The van der Waals surface area contributed by atoms with Gasteiger partial charge in [0, 0.05) is 25.4 Å². The van der Waals surface area contributed by atoms with Crippen LogP contribution in [0.25, 0.3) is 0 Å². The monoisotopic (exact) mass is 242 g/mol. The lowest BCUT2D eigenvalue weighted by Gasteiger charge is -2.21. The molecule has 0 saturated heterocycles. The molecule has 0 radical (unpaired) electrons. The zero-order chi connectivity index (χ0) is 13.1. The molecule has 1 aromatic carbocycles. The predicted molar refractivity (Wildman–Crippen MR) is 74.5 cm³/mol. The smallest absolute Gasteiger partial charge is 0.221 e. The SMILES string of the molecule is Cc1ccccc1CN(C)c1nc(N)ncc1C. The Kier molecular flexibility index (Phi) is 3.46. The van der Waals surface area contributed by atoms with Crippen LogP contribution in [0.3, 0.4) is 0 Å². The van der Waals surface area contributed by atoms with Gasteiger partial charge in [-0.15, -0.1) is 0 Å². The van der Waals surface area contributed by atoms with Crippen molar-refractivity contribution in [3.05, 3.63) is 47.2 Å². The molecule has 0 unspecified atom stereocenters. The molecule has 4 nitrogen and oxygen atoms in total. The van der Waals surface area contributed by atoms with Crippen LogP contribution in [-0.4, -0.2) is 17.0 Å². The van der Waals surface area contributed by atoms with Gasteiger partial charge in [-0.1, -0.05) is 24.3 Å². The molecule has 2 rings (SSSR count). The number of hydrogen-bond donors (Lipinski definition) is 1. The summed E-state index contributed by atoms with van der Waals surface area (Å²) in [5, 5.41) is 0. The maximum absolute atomic E-state index is 5.64. The first-order valence-electron chi connectivity index (χ1n) is 5.92. The number of rotatable bonds is 3. The maximum Gasteiger partial charge on any atom is 0.221 e. The lowest BCUT2D eigenvalue weighted by Crippen LogP contribution is -2.20. The third kappa shape index (κ3) is 2.59. The van der Waals surface area contributed by atoms with Gasteiger partial charge in [0.25, 0.3) is 0 Å². The Bertz CT molecular complexity index is 551. The first kappa shape index (κ1) is 12.4. The molecule has 0 aliphatic carbocycles. The molecule has 0 aliphatic rings. The summed E-state index contributed by atoms with van der Waals surface area (Å²) in [5.41, 5.74) is 9.24. The summed E-state index contributed by atoms with van der Waals surface area (Å²) in [6.45, 7) is 4.91. The van der Waals surface area contributed by atoms with E-state index in [4.69, 9.17) is 5.73 Å². The average Bonchev–Trinajstić information content (AvgIpc) is 2.35. The van der Waals surface area contributed by atoms with Crippen LogP contribution in [0.4, 0.5) is 11.8 Å². The fourth-order valence-corrected chi connectivity index (χ4v) is 1.95. The number of nitrogens with two attached hydrogens (primary N) is 1. The number of hydrogen-bond acceptors (Lipinski definition) is 4. The van der Waals surface area contributed by atoms with Crippen molar-refractivity contribution in [2.45, 2.75) is 20.4 Å². The molecular formula is C14H18N4. The van der Waals surface area contributed by atoms with E-state index in [9.17, 15) is 0 Å². The summed E-state index contributed by atoms with van der Waals surface area (Å²) < 4.78 is 0. The summed E-state index contributed by atoms with van der Waals surface area (Å²) in [6.07, 6.45) is 1.76. The van der Waals surface area contributed by atoms with Crippen molar-refractivity contribution in [1.29, 1.82) is 0 Å². The molecule has 18 heavy (non-hydrogen) atoms. The Hall–Kier alpha value is -2.10. The van der Waals surface area contributed by atoms with E-state index in [-0.39, 0.29) is 0 Å². The zero-order valence-corrected chi connectivity index (χ0v) is 11.0. The van der Waals surface area contributed by atoms with Crippen molar-refractivity contribution in [2.24, 2.45) is 0 Å². The van der Waals surface area contributed by atoms with Gasteiger partial charge >= 0.3 is 0 Å². The molecule has 1 heterocycles. The second-order valence-corrected chi connectivity index (χ2v) is 4.52. The Labute approximate surface area is 107 Å². The summed E-state index contributed by atoms with van der Waals surface area (Å²) >= 11 is 0. The minimum Gasteiger partial charge on any atom is -0.368 e. The summed E-state index contributed by atoms with van der Waals surface area (Å²) in [4.78, 5) is 10.4. The summed E-state index contributed by atoms with van der Waals surface area (Å²) in [6, 6.07) is 8.35. The summed E-state index contributed by atoms with van der Waals surface area (Å²) in [5.74, 6) is 1.19. The van der Waals surface area contributed by atoms with Crippen LogP contribution in [0, 0.1) is 13.8 Å². The van der Waals surface area contributed by atoms with Gasteiger partial charge in [0.05, 0.1) is 0 Å². The van der Waals surface area contributed by atoms with Gasteiger partial charge in [0.1, 0.15) is 5.82 Å². The molecule has 94 valence electrons. The topological polar surface area (TPSA) is 55.0 Å². The van der Waals surface area contributed by atoms with E-state index in [0.717, 1.165) is 17.9 Å². The first-order valence-corrected chi connectivity index (χ1v) is 5.92. The second-order valence-electron chi connectivity index (χ2n) is 4.52. The predicted octanol–water partition coefficient (Wildman–Crippen LogP) is 2.31. The normalized spacial score (nSPS) is 10.4. The minimum atomic E-state index is 0.312. The van der Waals surface area contributed by atoms with E-state index in [1.165, 1.54) is 11.1 Å². The van der Waals surface area contributed by atoms with Crippen LogP contribution in [0.2, 0.25) is 0 Å². The highest BCUT2D eigenvalue weighted by atomic mass is 15.2. The molecule has 4 heteroatoms. The molecule has 0 spiro atoms. The largest absolute Gasteiger partial charge is 0.368 e. The van der Waals surface area contributed by atoms with Crippen LogP contribution in [0.5, 0.6) is 0 Å². The fraction of sp³-hybridized carbons (Fsp3) is 0.286. The van der Waals surface area contributed by atoms with Gasteiger partial charge in [-0.2, -0.15) is 4.98 Å². The van der Waals surface area contributed by atoms with Crippen LogP contribution in [0.1, 0.15) is 16.7 Å². The van der Waals surface area contributed by atoms with Gasteiger partial charge in [0.2, 0.25) is 5.95 Å². The number of nitrogens with zero attached hydrogens (tertiary/aromatic N) is 3. The lowest BCUT2D eigenvalue weighted by atomic mass is 10.1. The van der Waals surface area contributed by atoms with Crippen LogP contribution in [-0.2, 0) is 6.54 Å². The van der Waals surface area contributed by atoms with Crippen LogP contribution >= 0.6 is 0 Å². The van der Waals surface area contributed by atoms with E-state index < -0.39 is 0 Å². The highest BCUT2D eigenvalue weighted by Crippen LogP contribution is 2.19. The first-order chi connectivity index (χ1) is 8.58. The van der Waals surface area contributed by atoms with E-state index in [2.05, 4.69) is 40.0 Å². The lowest BCUT2D eigenvalue weighted by molar-refractivity contribution is 0.879. The van der Waals surface area contributed by atoms with Gasteiger partial charge in [-0.25, -0.2) is 4.98 Å². The second kappa shape index (κ2) is 5.04. The standard InChI is InChI=1S/C14H18N4/c1-10-6-4-5-7-12(10)9-18(3)13-11(2)8-16-14(15)17-13/h4-8H,9H2,1-3H3,(H2,15,16,17). The molecule has 0 saturated carbocycles. The molecule has 2 N–H and O–H groups in total. The van der Waals surface area contributed by atoms with Gasteiger partial charge in [0.15, 0.2) is 0 Å². The van der Waals surface area contributed by atoms with Crippen molar-refractivity contribution in [1.82, 2.24) is 9.97 Å². The van der Waals surface area contributed by atoms with Gasteiger partial charge < -0.3 is 10.6 Å². The zero-order valence-electron chi connectivity index (χ0n) is 11.0. The van der Waals surface area contributed by atoms with Crippen molar-refractivity contribution in [3.8, 4) is 0 Å². The van der Waals surface area contributed by atoms with Crippen LogP contribution in [0.15, 0.2) is 30.5 Å². The molecule has 0 bridgehead atoms. The van der Waals surface area contributed by atoms with E-state index in [0.29, 0.717) is 5.95 Å². The Morgan fingerprint density at radius 3 is 2.61 bits per heavy atom. The number of nitrogen functional groups attached to an aromatic ring is 1. The third-order valence-electron chi connectivity index (χ3n) is 2.99. The Morgan fingerprint density at radius 1 is 1.17 bits per heavy atom. The average molecular weight is 242 g/mol. The Balaban J connectivity index is 2.25. The number of anilines is 2. The highest BCUT2D eigenvalue weighted by Gasteiger charge is 2.09. The van der Waals surface area contributed by atoms with E-state index in [1.807, 2.05) is 20.0 Å². The van der Waals surface area contributed by atoms with Crippen molar-refractivity contribution >= 4 is 11.8 Å². The molecule has 0 atom stereocenters. The molecule has 1 aromatic heterocycles. The summed E-state index contributed by atoms with van der Waals surface area (Å²) in [7, 11) is 2.02. The molecule has 0 fully saturated rings. The maximum atomic E-state index is 5.64. The van der Waals surface area contributed by atoms with Crippen molar-refractivity contribution < 1.29 is 0 Å². The number of aryl methyl sites for hydroxylation is 2. The third-order valence-corrected chi connectivity index (χ3v) is 2.99. The number of aromatic nitrogens is 2. The van der Waals surface area contributed by atoms with Crippen LogP contribution < -0.4 is 10.6 Å². The van der Waals surface area contributed by atoms with E-state index >= 15 is 0 Å². The van der Waals surface area contributed by atoms with Gasteiger partial charge in [-0.05, 0) is 25.0 Å². The molecule has 2 aromatic rings. The Morgan fingerprint density at radius 2 is 1.89 bits per heavy atom. The van der Waals surface area contributed by atoms with Crippen molar-refractivity contribution in [2.75, 3.05) is 17.7 Å². The van der Waals surface area contributed by atoms with Gasteiger partial charge in [-0.3, -0.25) is 0 Å². The van der Waals surface area contributed by atoms with E-state index in [1.54, 1.807) is 6.20 Å². The van der Waals surface area contributed by atoms with Crippen molar-refractivity contribution in [3.63, 3.8) is 0 Å². The molecule has 0 amide bonds. The quantitative estimate of drug-likeness (QED) is 0.897. The fourth-order valence-electron chi connectivity index (χ4n) is 1.95. The molecular weight excluding hydrogens is 224 g/mol.